The van der Waals surface area contributed by atoms with Gasteiger partial charge >= 0.3 is 0 Å². The quantitative estimate of drug-likeness (QED) is 0.781. The molecule has 2 heterocycles. The van der Waals surface area contributed by atoms with Gasteiger partial charge in [0.25, 0.3) is 0 Å². The van der Waals surface area contributed by atoms with Gasteiger partial charge in [-0.2, -0.15) is 0 Å². The van der Waals surface area contributed by atoms with Crippen molar-refractivity contribution in [3.63, 3.8) is 0 Å². The molecule has 0 aliphatic carbocycles. The zero-order valence-corrected chi connectivity index (χ0v) is 15.0. The fourth-order valence-corrected chi connectivity index (χ4v) is 2.96. The molecule has 3 rings (SSSR count). The number of morpholine rings is 1. The topological polar surface area (TPSA) is 80.3 Å². The van der Waals surface area contributed by atoms with Crippen molar-refractivity contribution in [1.29, 1.82) is 0 Å². The van der Waals surface area contributed by atoms with Gasteiger partial charge in [-0.1, -0.05) is 0 Å². The molecule has 1 fully saturated rings. The molecule has 0 atom stereocenters. The molecular weight excluding hydrogens is 338 g/mol. The van der Waals surface area contributed by atoms with E-state index >= 15 is 0 Å². The van der Waals surface area contributed by atoms with E-state index in [2.05, 4.69) is 10.2 Å². The monoisotopic (exact) mass is 363 g/mol. The maximum atomic E-state index is 12.3. The molecular formula is C18H25N3O5. The van der Waals surface area contributed by atoms with E-state index in [1.165, 1.54) is 11.8 Å². The second-order valence-corrected chi connectivity index (χ2v) is 6.24. The molecule has 142 valence electrons. The van der Waals surface area contributed by atoms with Crippen molar-refractivity contribution in [2.45, 2.75) is 6.92 Å². The van der Waals surface area contributed by atoms with Crippen molar-refractivity contribution in [1.82, 2.24) is 10.2 Å². The van der Waals surface area contributed by atoms with Crippen molar-refractivity contribution in [2.24, 2.45) is 0 Å². The molecule has 8 nitrogen and oxygen atoms in total. The Kier molecular flexibility index (Phi) is 6.30. The summed E-state index contributed by atoms with van der Waals surface area (Å²) in [4.78, 5) is 28.0. The predicted octanol–water partition coefficient (Wildman–Crippen LogP) is 0.259. The number of amides is 2. The third-order valence-electron chi connectivity index (χ3n) is 4.37. The normalized spacial score (nSPS) is 16.8. The van der Waals surface area contributed by atoms with Crippen LogP contribution in [-0.2, 0) is 14.3 Å². The van der Waals surface area contributed by atoms with Crippen LogP contribution in [0.2, 0.25) is 0 Å². The minimum atomic E-state index is -0.204. The molecule has 2 amide bonds. The molecule has 0 aromatic heterocycles. The predicted molar refractivity (Wildman–Crippen MR) is 95.7 cm³/mol. The Morgan fingerprint density at radius 1 is 1.12 bits per heavy atom. The highest BCUT2D eigenvalue weighted by molar-refractivity contribution is 5.97. The second kappa shape index (κ2) is 8.86. The van der Waals surface area contributed by atoms with Crippen LogP contribution in [0, 0.1) is 0 Å². The average molecular weight is 363 g/mol. The van der Waals surface area contributed by atoms with Crippen molar-refractivity contribution in [3.05, 3.63) is 18.2 Å². The first-order valence-corrected chi connectivity index (χ1v) is 8.88. The molecule has 1 aromatic carbocycles. The number of ether oxygens (including phenoxy) is 3. The van der Waals surface area contributed by atoms with E-state index in [0.717, 1.165) is 32.8 Å². The average Bonchev–Trinajstić information content (AvgIpc) is 2.66. The standard InChI is InChI=1S/C18H25N3O5/c1-14(22)21(15-2-3-16-17(12-15)26-11-10-25-16)13-18(23)19-4-5-20-6-8-24-9-7-20/h2-3,12H,4-11,13H2,1H3,(H,19,23). The molecule has 8 heteroatoms. The summed E-state index contributed by atoms with van der Waals surface area (Å²) in [6.45, 7) is 6.94. The van der Waals surface area contributed by atoms with Crippen LogP contribution in [0.4, 0.5) is 5.69 Å². The van der Waals surface area contributed by atoms with E-state index in [9.17, 15) is 9.59 Å². The Hall–Kier alpha value is -2.32. The van der Waals surface area contributed by atoms with E-state index in [1.54, 1.807) is 18.2 Å². The zero-order chi connectivity index (χ0) is 18.4. The molecule has 0 saturated carbocycles. The first-order valence-electron chi connectivity index (χ1n) is 8.88. The number of carbonyl (C=O) groups excluding carboxylic acids is 2. The van der Waals surface area contributed by atoms with Gasteiger partial charge in [-0.25, -0.2) is 0 Å². The van der Waals surface area contributed by atoms with Gasteiger partial charge in [0.15, 0.2) is 11.5 Å². The van der Waals surface area contributed by atoms with Crippen LogP contribution in [0.15, 0.2) is 18.2 Å². The first kappa shape index (κ1) is 18.5. The zero-order valence-electron chi connectivity index (χ0n) is 15.0. The number of fused-ring (bicyclic) bond motifs is 1. The summed E-state index contributed by atoms with van der Waals surface area (Å²) in [5.41, 5.74) is 0.616. The van der Waals surface area contributed by atoms with Crippen molar-refractivity contribution in [2.75, 3.05) is 64.1 Å². The highest BCUT2D eigenvalue weighted by Crippen LogP contribution is 2.34. The summed E-state index contributed by atoms with van der Waals surface area (Å²) in [7, 11) is 0. The number of rotatable bonds is 6. The van der Waals surface area contributed by atoms with Crippen LogP contribution in [0.25, 0.3) is 0 Å². The Morgan fingerprint density at radius 2 is 1.85 bits per heavy atom. The molecule has 0 unspecified atom stereocenters. The highest BCUT2D eigenvalue weighted by atomic mass is 16.6. The molecule has 2 aliphatic rings. The summed E-state index contributed by atoms with van der Waals surface area (Å²) in [5.74, 6) is 0.847. The summed E-state index contributed by atoms with van der Waals surface area (Å²) >= 11 is 0. The lowest BCUT2D eigenvalue weighted by molar-refractivity contribution is -0.123. The number of nitrogens with zero attached hydrogens (tertiary/aromatic N) is 2. The molecule has 1 N–H and O–H groups in total. The number of anilines is 1. The minimum Gasteiger partial charge on any atom is -0.486 e. The third-order valence-corrected chi connectivity index (χ3v) is 4.37. The Labute approximate surface area is 153 Å². The molecule has 0 spiro atoms. The Bertz CT molecular complexity index is 646. The van der Waals surface area contributed by atoms with Gasteiger partial charge < -0.3 is 24.4 Å². The van der Waals surface area contributed by atoms with E-state index in [1.807, 2.05) is 0 Å². The van der Waals surface area contributed by atoms with Gasteiger partial charge in [0.2, 0.25) is 11.8 Å². The lowest BCUT2D eigenvalue weighted by atomic mass is 10.2. The summed E-state index contributed by atoms with van der Waals surface area (Å²) < 4.78 is 16.3. The smallest absolute Gasteiger partial charge is 0.240 e. The molecule has 1 saturated heterocycles. The van der Waals surface area contributed by atoms with Crippen LogP contribution in [-0.4, -0.2) is 75.9 Å². The SMILES string of the molecule is CC(=O)N(CC(=O)NCCN1CCOCC1)c1ccc2c(c1)OCCO2. The van der Waals surface area contributed by atoms with E-state index < -0.39 is 0 Å². The van der Waals surface area contributed by atoms with Gasteiger partial charge in [-0.3, -0.25) is 14.5 Å². The van der Waals surface area contributed by atoms with Crippen molar-refractivity contribution < 1.29 is 23.8 Å². The molecule has 0 radical (unpaired) electrons. The number of nitrogens with one attached hydrogen (secondary N) is 1. The molecule has 2 aliphatic heterocycles. The van der Waals surface area contributed by atoms with Crippen molar-refractivity contribution in [3.8, 4) is 11.5 Å². The maximum Gasteiger partial charge on any atom is 0.240 e. The Balaban J connectivity index is 1.54. The first-order chi connectivity index (χ1) is 12.6. The number of benzene rings is 1. The summed E-state index contributed by atoms with van der Waals surface area (Å²) in [5, 5.41) is 2.88. The van der Waals surface area contributed by atoms with Gasteiger partial charge in [0.1, 0.15) is 19.8 Å². The molecule has 1 aromatic rings. The van der Waals surface area contributed by atoms with Crippen LogP contribution >= 0.6 is 0 Å². The lowest BCUT2D eigenvalue weighted by Crippen LogP contribution is -2.44. The summed E-state index contributed by atoms with van der Waals surface area (Å²) in [6, 6.07) is 5.25. The van der Waals surface area contributed by atoms with Crippen LogP contribution in [0.1, 0.15) is 6.92 Å². The fraction of sp³-hybridized carbons (Fsp3) is 0.556. The third kappa shape index (κ3) is 4.86. The number of carbonyl (C=O) groups is 2. The second-order valence-electron chi connectivity index (χ2n) is 6.24. The van der Waals surface area contributed by atoms with E-state index in [0.29, 0.717) is 36.9 Å². The number of hydrogen-bond donors (Lipinski definition) is 1. The van der Waals surface area contributed by atoms with Gasteiger partial charge in [0, 0.05) is 44.9 Å². The largest absolute Gasteiger partial charge is 0.486 e. The summed E-state index contributed by atoms with van der Waals surface area (Å²) in [6.07, 6.45) is 0. The van der Waals surface area contributed by atoms with Gasteiger partial charge in [-0.15, -0.1) is 0 Å². The van der Waals surface area contributed by atoms with Crippen LogP contribution < -0.4 is 19.7 Å². The van der Waals surface area contributed by atoms with Gasteiger partial charge in [0.05, 0.1) is 13.2 Å². The molecule has 0 bridgehead atoms. The lowest BCUT2D eigenvalue weighted by Gasteiger charge is -2.27. The van der Waals surface area contributed by atoms with Crippen LogP contribution in [0.5, 0.6) is 11.5 Å². The van der Waals surface area contributed by atoms with E-state index in [4.69, 9.17) is 14.2 Å². The highest BCUT2D eigenvalue weighted by Gasteiger charge is 2.19. The van der Waals surface area contributed by atoms with Crippen molar-refractivity contribution >= 4 is 17.5 Å². The molecule has 26 heavy (non-hydrogen) atoms. The van der Waals surface area contributed by atoms with Crippen LogP contribution in [0.3, 0.4) is 0 Å². The maximum absolute atomic E-state index is 12.3. The van der Waals surface area contributed by atoms with Gasteiger partial charge in [-0.05, 0) is 12.1 Å². The fourth-order valence-electron chi connectivity index (χ4n) is 2.96. The minimum absolute atomic E-state index is 0.0297. The van der Waals surface area contributed by atoms with E-state index in [-0.39, 0.29) is 18.4 Å². The number of hydrogen-bond acceptors (Lipinski definition) is 6. The Morgan fingerprint density at radius 3 is 2.58 bits per heavy atom.